The molecule has 32 heavy (non-hydrogen) atoms. The molecule has 6 nitrogen and oxygen atoms in total. The molecule has 0 spiro atoms. The van der Waals surface area contributed by atoms with E-state index in [1.807, 2.05) is 56.3 Å². The quantitative estimate of drug-likeness (QED) is 0.548. The van der Waals surface area contributed by atoms with Crippen LogP contribution in [0.1, 0.15) is 44.7 Å². The van der Waals surface area contributed by atoms with E-state index in [1.54, 1.807) is 11.8 Å². The number of fused-ring (bicyclic) bond motifs is 1. The maximum Gasteiger partial charge on any atom is 0.242 e. The number of nitrogens with one attached hydrogen (secondary N) is 1. The third kappa shape index (κ3) is 6.48. The second-order valence-corrected chi connectivity index (χ2v) is 9.04. The number of benzene rings is 2. The summed E-state index contributed by atoms with van der Waals surface area (Å²) in [6.45, 7) is 7.22. The van der Waals surface area contributed by atoms with Crippen LogP contribution in [0, 0.1) is 0 Å². The molecule has 2 amide bonds. The SMILES string of the molecule is CC[C@H](C)NC(=O)[C@@H](C)N(Cc1cccc(Br)c1)C(=O)CCc1ccc2c(c1)OCCO2. The van der Waals surface area contributed by atoms with Gasteiger partial charge < -0.3 is 19.7 Å². The monoisotopic (exact) mass is 502 g/mol. The van der Waals surface area contributed by atoms with Crippen molar-refractivity contribution in [1.29, 1.82) is 0 Å². The molecule has 1 aliphatic rings. The molecule has 0 aromatic heterocycles. The molecule has 2 aromatic carbocycles. The number of hydrogen-bond donors (Lipinski definition) is 1. The Hall–Kier alpha value is -2.54. The standard InChI is InChI=1S/C25H31BrN2O4/c1-4-17(2)27-25(30)18(3)28(16-20-6-5-7-21(26)14-20)24(29)11-9-19-8-10-22-23(15-19)32-13-12-31-22/h5-8,10,14-15,17-18H,4,9,11-13,16H2,1-3H3,(H,27,30)/t17-,18+/m0/s1. The van der Waals surface area contributed by atoms with E-state index in [4.69, 9.17) is 9.47 Å². The van der Waals surface area contributed by atoms with E-state index in [1.165, 1.54) is 0 Å². The average Bonchev–Trinajstić information content (AvgIpc) is 2.80. The van der Waals surface area contributed by atoms with Gasteiger partial charge in [0.15, 0.2) is 11.5 Å². The van der Waals surface area contributed by atoms with Gasteiger partial charge in [0, 0.05) is 23.5 Å². The van der Waals surface area contributed by atoms with Crippen LogP contribution in [0.3, 0.4) is 0 Å². The Kier molecular flexibility index (Phi) is 8.56. The van der Waals surface area contributed by atoms with Gasteiger partial charge in [-0.05, 0) is 62.1 Å². The summed E-state index contributed by atoms with van der Waals surface area (Å²) in [6.07, 6.45) is 1.70. The van der Waals surface area contributed by atoms with Crippen LogP contribution in [-0.2, 0) is 22.6 Å². The summed E-state index contributed by atoms with van der Waals surface area (Å²) in [4.78, 5) is 27.7. The van der Waals surface area contributed by atoms with Crippen LogP contribution >= 0.6 is 15.9 Å². The molecule has 2 aromatic rings. The molecule has 7 heteroatoms. The molecule has 1 aliphatic heterocycles. The van der Waals surface area contributed by atoms with Gasteiger partial charge in [0.05, 0.1) is 0 Å². The van der Waals surface area contributed by atoms with E-state index in [0.29, 0.717) is 38.3 Å². The molecule has 3 rings (SSSR count). The number of rotatable bonds is 9. The lowest BCUT2D eigenvalue weighted by Crippen LogP contribution is -2.49. The Labute approximate surface area is 198 Å². The van der Waals surface area contributed by atoms with E-state index >= 15 is 0 Å². The Morgan fingerprint density at radius 2 is 1.81 bits per heavy atom. The maximum absolute atomic E-state index is 13.3. The molecule has 1 N–H and O–H groups in total. The zero-order valence-corrected chi connectivity index (χ0v) is 20.5. The number of aryl methyl sites for hydroxylation is 1. The van der Waals surface area contributed by atoms with Gasteiger partial charge in [0.1, 0.15) is 19.3 Å². The Morgan fingerprint density at radius 1 is 1.06 bits per heavy atom. The Balaban J connectivity index is 1.72. The van der Waals surface area contributed by atoms with Crippen LogP contribution in [0.4, 0.5) is 0 Å². The fourth-order valence-corrected chi connectivity index (χ4v) is 3.96. The highest BCUT2D eigenvalue weighted by Crippen LogP contribution is 2.31. The number of amides is 2. The van der Waals surface area contributed by atoms with E-state index in [0.717, 1.165) is 27.8 Å². The van der Waals surface area contributed by atoms with Crippen molar-refractivity contribution in [3.63, 3.8) is 0 Å². The lowest BCUT2D eigenvalue weighted by molar-refractivity contribution is -0.140. The molecular formula is C25H31BrN2O4. The van der Waals surface area contributed by atoms with Gasteiger partial charge in [-0.15, -0.1) is 0 Å². The highest BCUT2D eigenvalue weighted by molar-refractivity contribution is 9.10. The van der Waals surface area contributed by atoms with Crippen molar-refractivity contribution < 1.29 is 19.1 Å². The highest BCUT2D eigenvalue weighted by Gasteiger charge is 2.26. The summed E-state index contributed by atoms with van der Waals surface area (Å²) in [6, 6.07) is 13.1. The summed E-state index contributed by atoms with van der Waals surface area (Å²) in [5.74, 6) is 1.25. The lowest BCUT2D eigenvalue weighted by Gasteiger charge is -2.30. The van der Waals surface area contributed by atoms with E-state index in [9.17, 15) is 9.59 Å². The topological polar surface area (TPSA) is 67.9 Å². The number of halogens is 1. The minimum atomic E-state index is -0.573. The van der Waals surface area contributed by atoms with Crippen LogP contribution in [0.15, 0.2) is 46.9 Å². The van der Waals surface area contributed by atoms with Crippen LogP contribution in [0.25, 0.3) is 0 Å². The van der Waals surface area contributed by atoms with Crippen molar-refractivity contribution in [3.05, 3.63) is 58.1 Å². The molecule has 0 unspecified atom stereocenters. The zero-order chi connectivity index (χ0) is 23.1. The second kappa shape index (κ2) is 11.4. The van der Waals surface area contributed by atoms with E-state index < -0.39 is 6.04 Å². The van der Waals surface area contributed by atoms with Crippen LogP contribution < -0.4 is 14.8 Å². The first-order chi connectivity index (χ1) is 15.4. The average molecular weight is 503 g/mol. The predicted octanol–water partition coefficient (Wildman–Crippen LogP) is 4.48. The van der Waals surface area contributed by atoms with Gasteiger partial charge in [-0.2, -0.15) is 0 Å². The largest absolute Gasteiger partial charge is 0.486 e. The minimum absolute atomic E-state index is 0.0606. The molecule has 172 valence electrons. The molecule has 0 saturated carbocycles. The maximum atomic E-state index is 13.3. The van der Waals surface area contributed by atoms with Crippen molar-refractivity contribution in [2.24, 2.45) is 0 Å². The van der Waals surface area contributed by atoms with Crippen molar-refractivity contribution in [2.45, 2.75) is 58.7 Å². The summed E-state index contributed by atoms with van der Waals surface area (Å²) in [7, 11) is 0. The molecule has 0 saturated heterocycles. The number of hydrogen-bond acceptors (Lipinski definition) is 4. The van der Waals surface area contributed by atoms with Crippen molar-refractivity contribution in [3.8, 4) is 11.5 Å². The van der Waals surface area contributed by atoms with Gasteiger partial charge in [-0.3, -0.25) is 9.59 Å². The zero-order valence-electron chi connectivity index (χ0n) is 18.9. The van der Waals surface area contributed by atoms with Gasteiger partial charge in [-0.25, -0.2) is 0 Å². The van der Waals surface area contributed by atoms with Gasteiger partial charge in [0.25, 0.3) is 0 Å². The first-order valence-corrected chi connectivity index (χ1v) is 11.9. The van der Waals surface area contributed by atoms with Crippen molar-refractivity contribution >= 4 is 27.7 Å². The molecule has 2 atom stereocenters. The second-order valence-electron chi connectivity index (χ2n) is 8.12. The fraction of sp³-hybridized carbons (Fsp3) is 0.440. The molecular weight excluding hydrogens is 472 g/mol. The third-order valence-corrected chi connectivity index (χ3v) is 6.14. The summed E-state index contributed by atoms with van der Waals surface area (Å²) in [5, 5.41) is 3.00. The normalized spacial score (nSPS) is 14.4. The predicted molar refractivity (Wildman–Crippen MR) is 128 cm³/mol. The molecule has 0 radical (unpaired) electrons. The first-order valence-electron chi connectivity index (χ1n) is 11.1. The summed E-state index contributed by atoms with van der Waals surface area (Å²) in [5.41, 5.74) is 1.97. The number of carbonyl (C=O) groups is 2. The van der Waals surface area contributed by atoms with Crippen LogP contribution in [-0.4, -0.2) is 42.0 Å². The highest BCUT2D eigenvalue weighted by atomic mass is 79.9. The number of carbonyl (C=O) groups excluding carboxylic acids is 2. The van der Waals surface area contributed by atoms with Gasteiger partial charge in [0.2, 0.25) is 11.8 Å². The van der Waals surface area contributed by atoms with E-state index in [2.05, 4.69) is 21.2 Å². The minimum Gasteiger partial charge on any atom is -0.486 e. The molecule has 0 bridgehead atoms. The van der Waals surface area contributed by atoms with Gasteiger partial charge >= 0.3 is 0 Å². The number of nitrogens with zero attached hydrogens (tertiary/aromatic N) is 1. The van der Waals surface area contributed by atoms with Gasteiger partial charge in [-0.1, -0.05) is 41.1 Å². The Morgan fingerprint density at radius 3 is 2.53 bits per heavy atom. The third-order valence-electron chi connectivity index (χ3n) is 5.64. The Bertz CT molecular complexity index is 949. The number of ether oxygens (including phenoxy) is 2. The fourth-order valence-electron chi connectivity index (χ4n) is 3.52. The van der Waals surface area contributed by atoms with Crippen molar-refractivity contribution in [2.75, 3.05) is 13.2 Å². The summed E-state index contributed by atoms with van der Waals surface area (Å²) < 4.78 is 12.2. The molecule has 1 heterocycles. The van der Waals surface area contributed by atoms with Crippen LogP contribution in [0.2, 0.25) is 0 Å². The van der Waals surface area contributed by atoms with Crippen molar-refractivity contribution in [1.82, 2.24) is 10.2 Å². The molecule has 0 fully saturated rings. The smallest absolute Gasteiger partial charge is 0.242 e. The lowest BCUT2D eigenvalue weighted by atomic mass is 10.1. The summed E-state index contributed by atoms with van der Waals surface area (Å²) >= 11 is 3.48. The first kappa shape index (κ1) is 24.1. The van der Waals surface area contributed by atoms with Crippen LogP contribution in [0.5, 0.6) is 11.5 Å². The molecule has 0 aliphatic carbocycles. The van der Waals surface area contributed by atoms with E-state index in [-0.39, 0.29) is 17.9 Å².